The van der Waals surface area contributed by atoms with E-state index in [4.69, 9.17) is 11.6 Å². The minimum Gasteiger partial charge on any atom is -0.344 e. The third-order valence-electron chi connectivity index (χ3n) is 4.23. The van der Waals surface area contributed by atoms with Crippen molar-refractivity contribution in [2.24, 2.45) is 0 Å². The number of nitrogens with one attached hydrogen (secondary N) is 2. The van der Waals surface area contributed by atoms with Gasteiger partial charge in [0, 0.05) is 10.6 Å². The van der Waals surface area contributed by atoms with E-state index in [2.05, 4.69) is 10.6 Å². The number of halogens is 3. The minimum absolute atomic E-state index is 0.0750. The topological polar surface area (TPSA) is 58.2 Å². The van der Waals surface area contributed by atoms with Gasteiger partial charge in [-0.05, 0) is 41.5 Å². The van der Waals surface area contributed by atoms with Crippen LogP contribution >= 0.6 is 11.6 Å². The number of hydrogen-bond donors (Lipinski definition) is 2. The maximum atomic E-state index is 13.3. The van der Waals surface area contributed by atoms with E-state index >= 15 is 0 Å². The molecule has 3 aromatic carbocycles. The molecule has 0 aliphatic heterocycles. The zero-order chi connectivity index (χ0) is 20.8. The van der Waals surface area contributed by atoms with Crippen LogP contribution < -0.4 is 10.6 Å². The number of amides is 2. The summed E-state index contributed by atoms with van der Waals surface area (Å²) in [4.78, 5) is 24.5. The maximum absolute atomic E-state index is 13.3. The molecule has 3 rings (SSSR count). The molecule has 4 nitrogen and oxygen atoms in total. The predicted molar refractivity (Wildman–Crippen MR) is 107 cm³/mol. The van der Waals surface area contributed by atoms with Gasteiger partial charge in [0.2, 0.25) is 5.91 Å². The second-order valence-corrected chi connectivity index (χ2v) is 6.71. The van der Waals surface area contributed by atoms with Gasteiger partial charge in [-0.25, -0.2) is 8.78 Å². The molecule has 2 amide bonds. The highest BCUT2D eigenvalue weighted by Gasteiger charge is 2.18. The Kier molecular flexibility index (Phi) is 6.57. The first kappa shape index (κ1) is 20.5. The second kappa shape index (κ2) is 9.30. The van der Waals surface area contributed by atoms with Crippen LogP contribution in [-0.4, -0.2) is 18.4 Å². The fourth-order valence-electron chi connectivity index (χ4n) is 2.77. The summed E-state index contributed by atoms with van der Waals surface area (Å²) in [7, 11) is 0. The van der Waals surface area contributed by atoms with Gasteiger partial charge in [0.1, 0.15) is 0 Å². The van der Waals surface area contributed by atoms with Crippen LogP contribution in [0, 0.1) is 11.6 Å². The van der Waals surface area contributed by atoms with Gasteiger partial charge >= 0.3 is 0 Å². The summed E-state index contributed by atoms with van der Waals surface area (Å²) < 4.78 is 26.3. The first-order valence-corrected chi connectivity index (χ1v) is 9.15. The number of benzene rings is 3. The monoisotopic (exact) mass is 414 g/mol. The average molecular weight is 415 g/mol. The molecule has 0 bridgehead atoms. The lowest BCUT2D eigenvalue weighted by Gasteiger charge is -2.20. The molecule has 1 unspecified atom stereocenters. The summed E-state index contributed by atoms with van der Waals surface area (Å²) in [5.74, 6) is -3.30. The molecule has 0 saturated carbocycles. The van der Waals surface area contributed by atoms with Crippen molar-refractivity contribution < 1.29 is 18.4 Å². The SMILES string of the molecule is O=C(CNC(=O)c1ccc(F)c(F)c1)NC(c1ccccc1)c1ccc(Cl)cc1. The quantitative estimate of drug-likeness (QED) is 0.633. The number of carbonyl (C=O) groups excluding carboxylic acids is 2. The van der Waals surface area contributed by atoms with E-state index < -0.39 is 29.5 Å². The van der Waals surface area contributed by atoms with Crippen LogP contribution in [0.5, 0.6) is 0 Å². The predicted octanol–water partition coefficient (Wildman–Crippen LogP) is 4.25. The molecule has 29 heavy (non-hydrogen) atoms. The summed E-state index contributed by atoms with van der Waals surface area (Å²) in [6.07, 6.45) is 0. The zero-order valence-electron chi connectivity index (χ0n) is 15.2. The molecule has 2 N–H and O–H groups in total. The van der Waals surface area contributed by atoms with Gasteiger partial charge in [-0.15, -0.1) is 0 Å². The molecule has 0 heterocycles. The smallest absolute Gasteiger partial charge is 0.251 e. The van der Waals surface area contributed by atoms with Crippen molar-refractivity contribution in [1.82, 2.24) is 10.6 Å². The van der Waals surface area contributed by atoms with Crippen molar-refractivity contribution in [3.63, 3.8) is 0 Å². The van der Waals surface area contributed by atoms with Crippen molar-refractivity contribution in [1.29, 1.82) is 0 Å². The van der Waals surface area contributed by atoms with Gasteiger partial charge in [-0.2, -0.15) is 0 Å². The van der Waals surface area contributed by atoms with E-state index in [-0.39, 0.29) is 12.1 Å². The van der Waals surface area contributed by atoms with Crippen LogP contribution in [0.15, 0.2) is 72.8 Å². The number of rotatable bonds is 6. The van der Waals surface area contributed by atoms with Crippen LogP contribution in [0.2, 0.25) is 5.02 Å². The van der Waals surface area contributed by atoms with Gasteiger partial charge < -0.3 is 10.6 Å². The summed E-state index contributed by atoms with van der Waals surface area (Å²) in [6, 6.07) is 18.7. The van der Waals surface area contributed by atoms with E-state index in [0.29, 0.717) is 5.02 Å². The van der Waals surface area contributed by atoms with E-state index in [9.17, 15) is 18.4 Å². The van der Waals surface area contributed by atoms with Crippen molar-refractivity contribution in [2.45, 2.75) is 6.04 Å². The molecule has 0 aliphatic carbocycles. The molecule has 3 aromatic rings. The third kappa shape index (κ3) is 5.39. The Morgan fingerprint density at radius 3 is 2.17 bits per heavy atom. The van der Waals surface area contributed by atoms with Crippen LogP contribution in [0.25, 0.3) is 0 Å². The molecule has 148 valence electrons. The summed E-state index contributed by atoms with van der Waals surface area (Å²) in [5.41, 5.74) is 1.60. The molecular formula is C22H17ClF2N2O2. The van der Waals surface area contributed by atoms with Crippen LogP contribution in [0.1, 0.15) is 27.5 Å². The summed E-state index contributed by atoms with van der Waals surface area (Å²) in [6.45, 7) is -0.325. The maximum Gasteiger partial charge on any atom is 0.251 e. The summed E-state index contributed by atoms with van der Waals surface area (Å²) in [5, 5.41) is 5.84. The van der Waals surface area contributed by atoms with E-state index in [0.717, 1.165) is 29.3 Å². The van der Waals surface area contributed by atoms with Crippen molar-refractivity contribution in [3.8, 4) is 0 Å². The first-order chi connectivity index (χ1) is 13.9. The number of hydrogen-bond acceptors (Lipinski definition) is 2. The van der Waals surface area contributed by atoms with E-state index in [1.807, 2.05) is 30.3 Å². The van der Waals surface area contributed by atoms with Crippen molar-refractivity contribution in [2.75, 3.05) is 6.54 Å². The minimum atomic E-state index is -1.13. The molecule has 0 spiro atoms. The molecule has 0 aliphatic rings. The Balaban J connectivity index is 1.69. The average Bonchev–Trinajstić information content (AvgIpc) is 2.73. The van der Waals surface area contributed by atoms with Gasteiger partial charge in [-0.1, -0.05) is 54.1 Å². The van der Waals surface area contributed by atoms with Crippen molar-refractivity contribution >= 4 is 23.4 Å². The van der Waals surface area contributed by atoms with Gasteiger partial charge in [0.05, 0.1) is 12.6 Å². The van der Waals surface area contributed by atoms with Crippen molar-refractivity contribution in [3.05, 3.63) is 106 Å². The van der Waals surface area contributed by atoms with Crippen LogP contribution in [0.4, 0.5) is 8.78 Å². The number of carbonyl (C=O) groups is 2. The van der Waals surface area contributed by atoms with E-state index in [1.165, 1.54) is 0 Å². The molecule has 0 fully saturated rings. The lowest BCUT2D eigenvalue weighted by molar-refractivity contribution is -0.120. The highest BCUT2D eigenvalue weighted by molar-refractivity contribution is 6.30. The van der Waals surface area contributed by atoms with Crippen LogP contribution in [-0.2, 0) is 4.79 Å². The highest BCUT2D eigenvalue weighted by atomic mass is 35.5. The fourth-order valence-corrected chi connectivity index (χ4v) is 2.90. The second-order valence-electron chi connectivity index (χ2n) is 6.27. The lowest BCUT2D eigenvalue weighted by Crippen LogP contribution is -2.39. The lowest BCUT2D eigenvalue weighted by atomic mass is 9.98. The Bertz CT molecular complexity index is 1010. The normalized spacial score (nSPS) is 11.6. The first-order valence-electron chi connectivity index (χ1n) is 8.77. The Hall–Kier alpha value is -3.25. The molecule has 7 heteroatoms. The highest BCUT2D eigenvalue weighted by Crippen LogP contribution is 2.23. The fraction of sp³-hybridized carbons (Fsp3) is 0.0909. The third-order valence-corrected chi connectivity index (χ3v) is 4.48. The zero-order valence-corrected chi connectivity index (χ0v) is 15.9. The molecule has 0 saturated heterocycles. The summed E-state index contributed by atoms with van der Waals surface area (Å²) >= 11 is 5.95. The Morgan fingerprint density at radius 1 is 0.862 bits per heavy atom. The molecule has 1 atom stereocenters. The van der Waals surface area contributed by atoms with Crippen LogP contribution in [0.3, 0.4) is 0 Å². The Labute approximate surface area is 171 Å². The standard InChI is InChI=1S/C22H17ClF2N2O2/c23-17-9-6-15(7-10-17)21(14-4-2-1-3-5-14)27-20(28)13-26-22(29)16-8-11-18(24)19(25)12-16/h1-12,21H,13H2,(H,26,29)(H,27,28). The molecule has 0 radical (unpaired) electrons. The van der Waals surface area contributed by atoms with Gasteiger partial charge in [-0.3, -0.25) is 9.59 Å². The van der Waals surface area contributed by atoms with Gasteiger partial charge in [0.25, 0.3) is 5.91 Å². The van der Waals surface area contributed by atoms with Gasteiger partial charge in [0.15, 0.2) is 11.6 Å². The molecule has 0 aromatic heterocycles. The van der Waals surface area contributed by atoms with E-state index in [1.54, 1.807) is 24.3 Å². The molecular weight excluding hydrogens is 398 g/mol. The Morgan fingerprint density at radius 2 is 1.52 bits per heavy atom. The largest absolute Gasteiger partial charge is 0.344 e.